The third kappa shape index (κ3) is 2.24. The number of benzene rings is 2. The number of fused-ring (bicyclic) bond motifs is 1. The zero-order valence-corrected chi connectivity index (χ0v) is 11.4. The summed E-state index contributed by atoms with van der Waals surface area (Å²) in [6, 6.07) is 13.8. The number of aryl methyl sites for hydroxylation is 1. The summed E-state index contributed by atoms with van der Waals surface area (Å²) in [5.41, 5.74) is 4.47. The van der Waals surface area contributed by atoms with Crippen LogP contribution >= 0.6 is 11.6 Å². The monoisotopic (exact) mass is 271 g/mol. The zero-order chi connectivity index (χ0) is 13.4. The van der Waals surface area contributed by atoms with Gasteiger partial charge in [0.1, 0.15) is 0 Å². The molecular formula is C16H14ClNO. The minimum absolute atomic E-state index is 0.0445. The van der Waals surface area contributed by atoms with Gasteiger partial charge in [-0.2, -0.15) is 0 Å². The van der Waals surface area contributed by atoms with E-state index >= 15 is 0 Å². The molecule has 2 nitrogen and oxygen atoms in total. The van der Waals surface area contributed by atoms with Crippen molar-refractivity contribution in [2.24, 2.45) is 0 Å². The molecule has 0 aliphatic carbocycles. The molecule has 1 heterocycles. The van der Waals surface area contributed by atoms with Gasteiger partial charge in [0.25, 0.3) is 0 Å². The molecule has 19 heavy (non-hydrogen) atoms. The number of rotatable bonds is 1. The fourth-order valence-corrected chi connectivity index (χ4v) is 2.82. The van der Waals surface area contributed by atoms with Crippen molar-refractivity contribution in [2.45, 2.75) is 19.4 Å². The molecule has 0 saturated carbocycles. The maximum Gasteiger partial charge on any atom is 0.225 e. The van der Waals surface area contributed by atoms with Crippen molar-refractivity contribution in [3.63, 3.8) is 0 Å². The second kappa shape index (κ2) is 4.71. The van der Waals surface area contributed by atoms with Crippen LogP contribution in [0.2, 0.25) is 5.02 Å². The lowest BCUT2D eigenvalue weighted by Crippen LogP contribution is -2.36. The number of halogens is 1. The normalized spacial score (nSPS) is 17.8. The average molecular weight is 272 g/mol. The highest BCUT2D eigenvalue weighted by atomic mass is 35.5. The van der Waals surface area contributed by atoms with Crippen molar-refractivity contribution in [3.8, 4) is 0 Å². The zero-order valence-electron chi connectivity index (χ0n) is 10.6. The fraction of sp³-hybridized carbons (Fsp3) is 0.188. The highest BCUT2D eigenvalue weighted by molar-refractivity contribution is 6.30. The quantitative estimate of drug-likeness (QED) is 0.846. The molecule has 2 aromatic rings. The molecule has 96 valence electrons. The summed E-state index contributed by atoms with van der Waals surface area (Å²) in [6.07, 6.45) is 0.401. The molecule has 3 heteroatoms. The van der Waals surface area contributed by atoms with Crippen LogP contribution in [-0.2, 0) is 11.2 Å². The molecule has 0 radical (unpaired) electrons. The van der Waals surface area contributed by atoms with Gasteiger partial charge < -0.3 is 5.32 Å². The summed E-state index contributed by atoms with van der Waals surface area (Å²) >= 11 is 6.02. The Kier molecular flexibility index (Phi) is 3.03. The molecule has 1 unspecified atom stereocenters. The largest absolute Gasteiger partial charge is 0.345 e. The smallest absolute Gasteiger partial charge is 0.225 e. The van der Waals surface area contributed by atoms with Crippen molar-refractivity contribution < 1.29 is 4.79 Å². The summed E-state index contributed by atoms with van der Waals surface area (Å²) in [6.45, 7) is 2.06. The van der Waals surface area contributed by atoms with Gasteiger partial charge in [0.15, 0.2) is 0 Å². The summed E-state index contributed by atoms with van der Waals surface area (Å²) < 4.78 is 0. The average Bonchev–Trinajstić information content (AvgIpc) is 2.38. The number of hydrogen-bond acceptors (Lipinski definition) is 1. The van der Waals surface area contributed by atoms with Crippen LogP contribution in [0.1, 0.15) is 28.3 Å². The lowest BCUT2D eigenvalue weighted by atomic mass is 9.88. The summed E-state index contributed by atoms with van der Waals surface area (Å²) in [5.74, 6) is 0.0445. The van der Waals surface area contributed by atoms with Crippen LogP contribution in [0.3, 0.4) is 0 Å². The van der Waals surface area contributed by atoms with E-state index in [1.807, 2.05) is 30.3 Å². The minimum atomic E-state index is -0.0743. The molecule has 0 fully saturated rings. The number of carbonyl (C=O) groups excluding carboxylic acids is 1. The second-order valence-electron chi connectivity index (χ2n) is 4.88. The van der Waals surface area contributed by atoms with Gasteiger partial charge in [0.2, 0.25) is 5.91 Å². The van der Waals surface area contributed by atoms with E-state index in [1.54, 1.807) is 0 Å². The van der Waals surface area contributed by atoms with Gasteiger partial charge in [-0.1, -0.05) is 41.9 Å². The first-order chi connectivity index (χ1) is 9.15. The van der Waals surface area contributed by atoms with Crippen molar-refractivity contribution in [2.75, 3.05) is 0 Å². The number of nitrogens with one attached hydrogen (secondary N) is 1. The van der Waals surface area contributed by atoms with Crippen LogP contribution in [0.15, 0.2) is 42.5 Å². The standard InChI is InChI=1S/C16H14ClNO/c1-10-4-2-3-5-13(10)16-14-7-6-12(17)8-11(14)9-15(19)18-16/h2-8,16H,9H2,1H3,(H,18,19). The molecule has 1 amide bonds. The lowest BCUT2D eigenvalue weighted by molar-refractivity contribution is -0.121. The maximum absolute atomic E-state index is 11.9. The van der Waals surface area contributed by atoms with Crippen LogP contribution in [0.5, 0.6) is 0 Å². The third-order valence-corrected chi connectivity index (χ3v) is 3.81. The summed E-state index contributed by atoms with van der Waals surface area (Å²) in [4.78, 5) is 11.9. The number of amides is 1. The van der Waals surface area contributed by atoms with E-state index in [2.05, 4.69) is 24.4 Å². The molecule has 1 atom stereocenters. The molecule has 0 spiro atoms. The second-order valence-corrected chi connectivity index (χ2v) is 5.31. The van der Waals surface area contributed by atoms with E-state index in [0.717, 1.165) is 16.7 Å². The first-order valence-corrected chi connectivity index (χ1v) is 6.66. The van der Waals surface area contributed by atoms with Crippen molar-refractivity contribution in [1.29, 1.82) is 0 Å². The first-order valence-electron chi connectivity index (χ1n) is 6.28. The summed E-state index contributed by atoms with van der Waals surface area (Å²) in [5, 5.41) is 3.74. The van der Waals surface area contributed by atoms with E-state index < -0.39 is 0 Å². The van der Waals surface area contributed by atoms with Gasteiger partial charge in [-0.15, -0.1) is 0 Å². The Balaban J connectivity index is 2.14. The lowest BCUT2D eigenvalue weighted by Gasteiger charge is -2.28. The molecule has 1 aliphatic heterocycles. The van der Waals surface area contributed by atoms with Crippen LogP contribution < -0.4 is 5.32 Å². The Labute approximate surface area is 117 Å². The van der Waals surface area contributed by atoms with E-state index in [4.69, 9.17) is 11.6 Å². The fourth-order valence-electron chi connectivity index (χ4n) is 2.63. The van der Waals surface area contributed by atoms with Gasteiger partial charge >= 0.3 is 0 Å². The molecule has 1 N–H and O–H groups in total. The predicted molar refractivity (Wildman–Crippen MR) is 76.3 cm³/mol. The van der Waals surface area contributed by atoms with Gasteiger partial charge in [0, 0.05) is 5.02 Å². The van der Waals surface area contributed by atoms with E-state index in [9.17, 15) is 4.79 Å². The molecule has 0 saturated heterocycles. The number of hydrogen-bond donors (Lipinski definition) is 1. The maximum atomic E-state index is 11.9. The molecule has 3 rings (SSSR count). The molecule has 0 aromatic heterocycles. The number of carbonyl (C=O) groups is 1. The summed E-state index contributed by atoms with van der Waals surface area (Å²) in [7, 11) is 0. The van der Waals surface area contributed by atoms with Crippen LogP contribution in [0, 0.1) is 6.92 Å². The van der Waals surface area contributed by atoms with Crippen LogP contribution in [0.25, 0.3) is 0 Å². The third-order valence-electron chi connectivity index (χ3n) is 3.57. The topological polar surface area (TPSA) is 29.1 Å². The highest BCUT2D eigenvalue weighted by Gasteiger charge is 2.26. The highest BCUT2D eigenvalue weighted by Crippen LogP contribution is 2.32. The first kappa shape index (κ1) is 12.2. The Morgan fingerprint density at radius 3 is 2.74 bits per heavy atom. The Bertz CT molecular complexity index is 651. The SMILES string of the molecule is Cc1ccccc1C1NC(=O)Cc2cc(Cl)ccc21. The van der Waals surface area contributed by atoms with Gasteiger partial charge in [0.05, 0.1) is 12.5 Å². The van der Waals surface area contributed by atoms with Crippen molar-refractivity contribution in [1.82, 2.24) is 5.32 Å². The predicted octanol–water partition coefficient (Wildman–Crippen LogP) is 3.41. The van der Waals surface area contributed by atoms with Gasteiger partial charge in [-0.05, 0) is 41.3 Å². The van der Waals surface area contributed by atoms with Crippen molar-refractivity contribution in [3.05, 3.63) is 69.7 Å². The molecule has 0 bridgehead atoms. The minimum Gasteiger partial charge on any atom is -0.345 e. The molecular weight excluding hydrogens is 258 g/mol. The Morgan fingerprint density at radius 1 is 1.16 bits per heavy atom. The molecule has 1 aliphatic rings. The van der Waals surface area contributed by atoms with Crippen molar-refractivity contribution >= 4 is 17.5 Å². The van der Waals surface area contributed by atoms with E-state index in [1.165, 1.54) is 5.56 Å². The Morgan fingerprint density at radius 2 is 1.95 bits per heavy atom. The molecule has 2 aromatic carbocycles. The van der Waals surface area contributed by atoms with Gasteiger partial charge in [-0.3, -0.25) is 4.79 Å². The van der Waals surface area contributed by atoms with Crippen LogP contribution in [0.4, 0.5) is 0 Å². The van der Waals surface area contributed by atoms with Crippen LogP contribution in [-0.4, -0.2) is 5.91 Å². The van der Waals surface area contributed by atoms with E-state index in [-0.39, 0.29) is 11.9 Å². The van der Waals surface area contributed by atoms with E-state index in [0.29, 0.717) is 11.4 Å². The Hall–Kier alpha value is -1.80. The van der Waals surface area contributed by atoms with Gasteiger partial charge in [-0.25, -0.2) is 0 Å².